The van der Waals surface area contributed by atoms with Crippen LogP contribution in [-0.4, -0.2) is 35.1 Å². The summed E-state index contributed by atoms with van der Waals surface area (Å²) in [6.45, 7) is 6.69. The number of hydrogen-bond acceptors (Lipinski definition) is 3. The highest BCUT2D eigenvalue weighted by Gasteiger charge is 2.26. The molecule has 2 amide bonds. The van der Waals surface area contributed by atoms with Crippen LogP contribution in [0.4, 0.5) is 0 Å². The van der Waals surface area contributed by atoms with Crippen LogP contribution in [0.15, 0.2) is 42.5 Å². The van der Waals surface area contributed by atoms with E-state index in [9.17, 15) is 9.59 Å². The van der Waals surface area contributed by atoms with Gasteiger partial charge in [-0.1, -0.05) is 60.5 Å². The van der Waals surface area contributed by atoms with Crippen molar-refractivity contribution in [1.82, 2.24) is 10.2 Å². The van der Waals surface area contributed by atoms with Crippen molar-refractivity contribution in [2.45, 2.75) is 45.5 Å². The van der Waals surface area contributed by atoms with Gasteiger partial charge in [-0.25, -0.2) is 0 Å². The summed E-state index contributed by atoms with van der Waals surface area (Å²) in [5.74, 6) is 0.796. The lowest BCUT2D eigenvalue weighted by molar-refractivity contribution is -0.138. The number of hydrogen-bond donors (Lipinski definition) is 1. The number of carbonyl (C=O) groups excluding carboxylic acids is 2. The number of carbonyl (C=O) groups is 2. The third-order valence-corrected chi connectivity index (χ3v) is 6.50. The van der Waals surface area contributed by atoms with Crippen LogP contribution in [-0.2, 0) is 21.9 Å². The van der Waals surface area contributed by atoms with Gasteiger partial charge in [0, 0.05) is 18.8 Å². The summed E-state index contributed by atoms with van der Waals surface area (Å²) < 4.78 is 0. The first kappa shape index (κ1) is 24.6. The zero-order valence-electron chi connectivity index (χ0n) is 17.6. The molecule has 0 spiro atoms. The van der Waals surface area contributed by atoms with Crippen LogP contribution in [0.3, 0.4) is 0 Å². The Bertz CT molecular complexity index is 876. The van der Waals surface area contributed by atoms with E-state index in [1.54, 1.807) is 35.7 Å². The molecule has 0 heterocycles. The van der Waals surface area contributed by atoms with Crippen LogP contribution >= 0.6 is 35.0 Å². The fourth-order valence-electron chi connectivity index (χ4n) is 2.92. The predicted octanol–water partition coefficient (Wildman–Crippen LogP) is 5.48. The van der Waals surface area contributed by atoms with E-state index in [0.29, 0.717) is 28.9 Å². The topological polar surface area (TPSA) is 49.4 Å². The van der Waals surface area contributed by atoms with Crippen LogP contribution in [0.1, 0.15) is 37.0 Å². The zero-order valence-corrected chi connectivity index (χ0v) is 19.9. The predicted molar refractivity (Wildman–Crippen MR) is 127 cm³/mol. The minimum atomic E-state index is -0.586. The highest BCUT2D eigenvalue weighted by Crippen LogP contribution is 2.24. The molecule has 0 aliphatic rings. The van der Waals surface area contributed by atoms with Gasteiger partial charge >= 0.3 is 0 Å². The molecule has 2 aromatic rings. The average Bonchev–Trinajstić information content (AvgIpc) is 2.73. The minimum Gasteiger partial charge on any atom is -0.354 e. The van der Waals surface area contributed by atoms with Gasteiger partial charge in [-0.3, -0.25) is 9.59 Å². The highest BCUT2D eigenvalue weighted by atomic mass is 35.5. The Labute approximate surface area is 193 Å². The Hall–Kier alpha value is -1.69. The zero-order chi connectivity index (χ0) is 22.1. The highest BCUT2D eigenvalue weighted by molar-refractivity contribution is 7.99. The molecule has 1 N–H and O–H groups in total. The second-order valence-corrected chi connectivity index (χ2v) is 8.96. The van der Waals surface area contributed by atoms with Gasteiger partial charge in [0.05, 0.1) is 15.8 Å². The summed E-state index contributed by atoms with van der Waals surface area (Å²) >= 11 is 13.7. The smallest absolute Gasteiger partial charge is 0.242 e. The first-order valence-corrected chi connectivity index (χ1v) is 11.9. The Balaban J connectivity index is 2.10. The summed E-state index contributed by atoms with van der Waals surface area (Å²) in [7, 11) is 0. The maximum absolute atomic E-state index is 13.1. The van der Waals surface area contributed by atoms with Gasteiger partial charge in [-0.05, 0) is 49.1 Å². The minimum absolute atomic E-state index is 0.0844. The molecule has 162 valence electrons. The fraction of sp³-hybridized carbons (Fsp3) is 0.391. The van der Waals surface area contributed by atoms with Crippen LogP contribution in [0.2, 0.25) is 10.0 Å². The van der Waals surface area contributed by atoms with Crippen molar-refractivity contribution in [3.8, 4) is 0 Å². The lowest BCUT2D eigenvalue weighted by atomic mass is 10.1. The van der Waals surface area contributed by atoms with Crippen molar-refractivity contribution in [3.63, 3.8) is 0 Å². The molecule has 1 atom stereocenters. The van der Waals surface area contributed by atoms with Crippen molar-refractivity contribution in [1.29, 1.82) is 0 Å². The molecule has 4 nitrogen and oxygen atoms in total. The molecule has 2 rings (SSSR count). The molecular weight excluding hydrogens is 439 g/mol. The quantitative estimate of drug-likeness (QED) is 0.504. The number of thioether (sulfide) groups is 1. The Morgan fingerprint density at radius 3 is 2.53 bits per heavy atom. The molecule has 0 saturated heterocycles. The monoisotopic (exact) mass is 466 g/mol. The molecule has 30 heavy (non-hydrogen) atoms. The molecule has 0 aromatic heterocycles. The average molecular weight is 467 g/mol. The molecule has 0 saturated carbocycles. The molecule has 0 aliphatic carbocycles. The van der Waals surface area contributed by atoms with E-state index in [0.717, 1.165) is 17.7 Å². The number of benzene rings is 2. The molecule has 0 radical (unpaired) electrons. The van der Waals surface area contributed by atoms with Crippen molar-refractivity contribution < 1.29 is 9.59 Å². The van der Waals surface area contributed by atoms with Gasteiger partial charge in [0.25, 0.3) is 0 Å². The summed E-state index contributed by atoms with van der Waals surface area (Å²) in [4.78, 5) is 27.2. The van der Waals surface area contributed by atoms with Crippen LogP contribution < -0.4 is 5.32 Å². The van der Waals surface area contributed by atoms with Crippen LogP contribution in [0.5, 0.6) is 0 Å². The molecule has 0 bridgehead atoms. The second kappa shape index (κ2) is 12.2. The normalized spacial score (nSPS) is 11.8. The number of rotatable bonds is 10. The molecule has 0 fully saturated rings. The van der Waals surface area contributed by atoms with E-state index < -0.39 is 6.04 Å². The summed E-state index contributed by atoms with van der Waals surface area (Å²) in [5, 5.41) is 3.76. The molecule has 2 aromatic carbocycles. The maximum Gasteiger partial charge on any atom is 0.242 e. The maximum atomic E-state index is 13.1. The van der Waals surface area contributed by atoms with Crippen molar-refractivity contribution in [2.24, 2.45) is 0 Å². The van der Waals surface area contributed by atoms with Crippen molar-refractivity contribution in [2.75, 3.05) is 12.3 Å². The molecule has 0 aliphatic heterocycles. The van der Waals surface area contributed by atoms with E-state index in [1.807, 2.05) is 25.1 Å². The van der Waals surface area contributed by atoms with E-state index in [1.165, 1.54) is 11.1 Å². The fourth-order valence-corrected chi connectivity index (χ4v) is 4.22. The van der Waals surface area contributed by atoms with Gasteiger partial charge in [0.15, 0.2) is 0 Å². The molecule has 7 heteroatoms. The van der Waals surface area contributed by atoms with Gasteiger partial charge < -0.3 is 10.2 Å². The number of nitrogens with one attached hydrogen (secondary N) is 1. The third kappa shape index (κ3) is 7.22. The van der Waals surface area contributed by atoms with Gasteiger partial charge in [0.1, 0.15) is 6.04 Å². The summed E-state index contributed by atoms with van der Waals surface area (Å²) in [5.41, 5.74) is 3.24. The van der Waals surface area contributed by atoms with Crippen LogP contribution in [0, 0.1) is 6.92 Å². The van der Waals surface area contributed by atoms with Gasteiger partial charge in [-0.2, -0.15) is 0 Å². The number of halogens is 2. The number of amides is 2. The standard InChI is InChI=1S/C23H28Cl2N2O2S/c1-4-11-26-23(29)17(3)27(13-18-9-10-20(24)21(25)12-18)22(28)15-30-14-19-8-6-5-7-16(19)2/h5-10,12,17H,4,11,13-15H2,1-3H3,(H,26,29)/t17-/m0/s1. The van der Waals surface area contributed by atoms with E-state index >= 15 is 0 Å². The van der Waals surface area contributed by atoms with Crippen LogP contribution in [0.25, 0.3) is 0 Å². The Kier molecular flexibility index (Phi) is 10.0. The van der Waals surface area contributed by atoms with Crippen molar-refractivity contribution in [3.05, 3.63) is 69.2 Å². The summed E-state index contributed by atoms with van der Waals surface area (Å²) in [6.07, 6.45) is 0.839. The largest absolute Gasteiger partial charge is 0.354 e. The Morgan fingerprint density at radius 1 is 1.13 bits per heavy atom. The van der Waals surface area contributed by atoms with E-state index in [-0.39, 0.29) is 11.8 Å². The molecule has 0 unspecified atom stereocenters. The van der Waals surface area contributed by atoms with E-state index in [2.05, 4.69) is 24.4 Å². The third-order valence-electron chi connectivity index (χ3n) is 4.80. The van der Waals surface area contributed by atoms with E-state index in [4.69, 9.17) is 23.2 Å². The number of aryl methyl sites for hydroxylation is 1. The van der Waals surface area contributed by atoms with Crippen molar-refractivity contribution >= 4 is 46.8 Å². The summed E-state index contributed by atoms with van der Waals surface area (Å²) in [6, 6.07) is 12.8. The molecular formula is C23H28Cl2N2O2S. The lowest BCUT2D eigenvalue weighted by Gasteiger charge is -2.29. The van der Waals surface area contributed by atoms with Gasteiger partial charge in [0.2, 0.25) is 11.8 Å². The lowest BCUT2D eigenvalue weighted by Crippen LogP contribution is -2.48. The second-order valence-electron chi connectivity index (χ2n) is 7.16. The first-order chi connectivity index (χ1) is 14.3. The Morgan fingerprint density at radius 2 is 1.87 bits per heavy atom. The number of nitrogens with zero attached hydrogens (tertiary/aromatic N) is 1. The first-order valence-electron chi connectivity index (χ1n) is 9.96. The van der Waals surface area contributed by atoms with Gasteiger partial charge in [-0.15, -0.1) is 11.8 Å². The SMILES string of the molecule is CCCNC(=O)[C@H](C)N(Cc1ccc(Cl)c(Cl)c1)C(=O)CSCc1ccccc1C.